The van der Waals surface area contributed by atoms with Gasteiger partial charge in [0.2, 0.25) is 6.10 Å². The van der Waals surface area contributed by atoms with Gasteiger partial charge in [0, 0.05) is 17.9 Å². The van der Waals surface area contributed by atoms with Gasteiger partial charge in [0.1, 0.15) is 18.5 Å². The fraction of sp³-hybridized carbons (Fsp3) is 0.556. The molecule has 0 bridgehead atoms. The molecule has 1 fully saturated rings. The van der Waals surface area contributed by atoms with Crippen LogP contribution in [0.25, 0.3) is 0 Å². The van der Waals surface area contributed by atoms with Crippen molar-refractivity contribution < 1.29 is 27.1 Å². The second-order valence-corrected chi connectivity index (χ2v) is 4.83. The summed E-state index contributed by atoms with van der Waals surface area (Å²) in [5, 5.41) is 0. The van der Waals surface area contributed by atoms with Crippen molar-refractivity contribution in [1.82, 2.24) is 9.55 Å². The average Bonchev–Trinajstić information content (AvgIpc) is 2.38. The van der Waals surface area contributed by atoms with E-state index >= 15 is 0 Å². The summed E-state index contributed by atoms with van der Waals surface area (Å²) < 4.78 is 53.9. The van der Waals surface area contributed by atoms with Crippen molar-refractivity contribution in [2.24, 2.45) is 0 Å². The zero-order valence-corrected chi connectivity index (χ0v) is 11.1. The molecule has 0 aliphatic carbocycles. The molecule has 11 heteroatoms. The van der Waals surface area contributed by atoms with Gasteiger partial charge in [-0.3, -0.25) is 0 Å². The van der Waals surface area contributed by atoms with E-state index in [4.69, 9.17) is 10.5 Å². The summed E-state index contributed by atoms with van der Waals surface area (Å²) in [6.45, 7) is -0.344. The monoisotopic (exact) mass is 310 g/mol. The average molecular weight is 310 g/mol. The summed E-state index contributed by atoms with van der Waals surface area (Å²) in [4.78, 5) is 14.7. The van der Waals surface area contributed by atoms with Gasteiger partial charge in [-0.05, 0) is 6.07 Å². The number of aromatic nitrogens is 2. The Bertz CT molecular complexity index is 581. The van der Waals surface area contributed by atoms with E-state index in [0.29, 0.717) is 0 Å². The van der Waals surface area contributed by atoms with Crippen molar-refractivity contribution in [1.29, 1.82) is 0 Å². The molecule has 3 atom stereocenters. The van der Waals surface area contributed by atoms with Gasteiger partial charge in [-0.2, -0.15) is 13.8 Å². The molecular weight excluding hydrogens is 299 g/mol. The van der Waals surface area contributed by atoms with E-state index in [2.05, 4.69) is 14.0 Å². The highest BCUT2D eigenvalue weighted by Crippen LogP contribution is 2.41. The third kappa shape index (κ3) is 2.68. The number of ether oxygens (including phenoxy) is 1. The molecule has 1 aliphatic rings. The van der Waals surface area contributed by atoms with E-state index in [-0.39, 0.29) is 17.0 Å². The predicted octanol–water partition coefficient (Wildman–Crippen LogP) is 0.463. The smallest absolute Gasteiger partial charge is 0.383 e. The highest BCUT2D eigenvalue weighted by molar-refractivity contribution is 7.33. The van der Waals surface area contributed by atoms with Gasteiger partial charge in [0.25, 0.3) is 0 Å². The molecule has 8 nitrogen and oxygen atoms in total. The number of anilines is 1. The number of alkyl halides is 2. The molecule has 0 amide bonds. The molecule has 1 saturated heterocycles. The van der Waals surface area contributed by atoms with Crippen molar-refractivity contribution in [3.05, 3.63) is 22.7 Å². The third-order valence-corrected chi connectivity index (χ3v) is 3.43. The topological polar surface area (TPSA) is 106 Å². The number of nitrogen functional groups attached to an aromatic ring is 1. The molecule has 1 aromatic heterocycles. The lowest BCUT2D eigenvalue weighted by molar-refractivity contribution is -0.216. The lowest BCUT2D eigenvalue weighted by atomic mass is 10.1. The molecule has 20 heavy (non-hydrogen) atoms. The summed E-state index contributed by atoms with van der Waals surface area (Å²) in [7, 11) is -1.53. The van der Waals surface area contributed by atoms with E-state index in [9.17, 15) is 18.1 Å². The van der Waals surface area contributed by atoms with Crippen LogP contribution >= 0.6 is 8.25 Å². The Morgan fingerprint density at radius 3 is 2.95 bits per heavy atom. The van der Waals surface area contributed by atoms with Crippen LogP contribution in [0, 0.1) is 0 Å². The van der Waals surface area contributed by atoms with Crippen LogP contribution in [0.2, 0.25) is 0 Å². The van der Waals surface area contributed by atoms with E-state index in [1.165, 1.54) is 7.11 Å². The molecule has 2 heterocycles. The molecule has 0 radical (unpaired) electrons. The van der Waals surface area contributed by atoms with E-state index in [0.717, 1.165) is 12.3 Å². The van der Waals surface area contributed by atoms with Gasteiger partial charge >= 0.3 is 20.0 Å². The summed E-state index contributed by atoms with van der Waals surface area (Å²) in [5.74, 6) is -0.190. The molecule has 110 valence electrons. The summed E-state index contributed by atoms with van der Waals surface area (Å²) >= 11 is 0. The predicted molar refractivity (Wildman–Crippen MR) is 62.3 cm³/mol. The van der Waals surface area contributed by atoms with Crippen LogP contribution in [0.4, 0.5) is 14.6 Å². The molecule has 2 rings (SSSR count). The Morgan fingerprint density at radius 1 is 1.65 bits per heavy atom. The van der Waals surface area contributed by atoms with Crippen LogP contribution < -0.4 is 11.4 Å². The van der Waals surface area contributed by atoms with Crippen molar-refractivity contribution in [2.45, 2.75) is 18.3 Å². The fourth-order valence-corrected chi connectivity index (χ4v) is 2.45. The summed E-state index contributed by atoms with van der Waals surface area (Å²) in [6, 6.07) is -2.79. The van der Waals surface area contributed by atoms with Gasteiger partial charge < -0.3 is 10.5 Å². The van der Waals surface area contributed by atoms with Crippen LogP contribution in [0.1, 0.15) is 0 Å². The van der Waals surface area contributed by atoms with Crippen LogP contribution in [0.15, 0.2) is 17.1 Å². The van der Waals surface area contributed by atoms with Gasteiger partial charge in [0.15, 0.2) is 0 Å². The molecule has 1 aliphatic heterocycles. The Balaban J connectivity index is 2.41. The number of methoxy groups -OCH3 is 1. The highest BCUT2D eigenvalue weighted by atomic mass is 31.1. The Kier molecular flexibility index (Phi) is 4.09. The number of rotatable bonds is 3. The maximum Gasteiger partial charge on any atom is 0.698 e. The largest absolute Gasteiger partial charge is 0.698 e. The van der Waals surface area contributed by atoms with Crippen LogP contribution in [0.5, 0.6) is 0 Å². The van der Waals surface area contributed by atoms with Crippen LogP contribution in [-0.2, 0) is 24.4 Å². The van der Waals surface area contributed by atoms with E-state index in [1.54, 1.807) is 0 Å². The first kappa shape index (κ1) is 14.9. The molecule has 0 spiro atoms. The molecule has 0 saturated carbocycles. The number of nitrogens with two attached hydrogens (primary N) is 1. The quantitative estimate of drug-likeness (QED) is 0.808. The van der Waals surface area contributed by atoms with Crippen molar-refractivity contribution in [3.8, 4) is 0 Å². The number of hydrogen-bond donors (Lipinski definition) is 1. The van der Waals surface area contributed by atoms with Crippen LogP contribution in [0.3, 0.4) is 0 Å². The highest BCUT2D eigenvalue weighted by Gasteiger charge is 2.57. The lowest BCUT2D eigenvalue weighted by Gasteiger charge is -2.29. The van der Waals surface area contributed by atoms with Gasteiger partial charge in [-0.25, -0.2) is 9.36 Å². The third-order valence-electron chi connectivity index (χ3n) is 2.67. The zero-order valence-electron chi connectivity index (χ0n) is 10.2. The Hall–Kier alpha value is -1.48. The van der Waals surface area contributed by atoms with Crippen molar-refractivity contribution in [2.75, 3.05) is 19.5 Å². The van der Waals surface area contributed by atoms with Crippen LogP contribution in [-0.4, -0.2) is 35.5 Å². The van der Waals surface area contributed by atoms with Gasteiger partial charge in [0.05, 0.1) is 0 Å². The van der Waals surface area contributed by atoms with Crippen molar-refractivity contribution in [3.63, 3.8) is 0 Å². The Labute approximate surface area is 112 Å². The summed E-state index contributed by atoms with van der Waals surface area (Å²) in [5.41, 5.74) is 3.98. The SMILES string of the molecule is CO[C@@H]1CO[P+](=O)O[C@H]1C(F)(F)n1ccc(N)nc1=O. The fourth-order valence-electron chi connectivity index (χ4n) is 1.67. The first-order chi connectivity index (χ1) is 9.36. The molecule has 0 aromatic carbocycles. The minimum Gasteiger partial charge on any atom is -0.383 e. The van der Waals surface area contributed by atoms with Gasteiger partial charge in [-0.15, -0.1) is 9.05 Å². The minimum absolute atomic E-state index is 0.0501. The number of hydrogen-bond acceptors (Lipinski definition) is 7. The normalized spacial score (nSPS) is 25.6. The Morgan fingerprint density at radius 2 is 2.35 bits per heavy atom. The summed E-state index contributed by atoms with van der Waals surface area (Å²) in [6.07, 6.45) is -2.36. The minimum atomic E-state index is -3.83. The molecular formula is C9H11F2N3O5P+. The molecule has 2 N–H and O–H groups in total. The molecule has 1 aromatic rings. The maximum absolute atomic E-state index is 14.3. The second kappa shape index (κ2) is 5.49. The molecule has 1 unspecified atom stereocenters. The van der Waals surface area contributed by atoms with E-state index in [1.807, 2.05) is 0 Å². The standard InChI is InChI=1S/C9H10F2N3O5P/c1-17-5-4-18-20(16)19-7(5)9(10,11)14-3-2-6(12)13-8(14)15/h2-3,5,7H,4H2,1H3,(H-,12,13,15)/p+1/t5-,7-/m1/s1. The lowest BCUT2D eigenvalue weighted by Crippen LogP contribution is -2.52. The van der Waals surface area contributed by atoms with Crippen molar-refractivity contribution >= 4 is 14.1 Å². The van der Waals surface area contributed by atoms with E-state index < -0.39 is 32.2 Å². The zero-order chi connectivity index (χ0) is 14.9. The second-order valence-electron chi connectivity index (χ2n) is 3.91. The van der Waals surface area contributed by atoms with Gasteiger partial charge in [-0.1, -0.05) is 0 Å². The maximum atomic E-state index is 14.3. The first-order valence-electron chi connectivity index (χ1n) is 5.39. The first-order valence-corrected chi connectivity index (χ1v) is 6.49. The number of halogens is 2. The number of nitrogens with zero attached hydrogens (tertiary/aromatic N) is 2.